The molecular weight excluding hydrogens is 304 g/mol. The van der Waals surface area contributed by atoms with Crippen LogP contribution in [0.2, 0.25) is 0 Å². The van der Waals surface area contributed by atoms with Crippen LogP contribution in [0.25, 0.3) is 21.5 Å². The van der Waals surface area contributed by atoms with Crippen molar-refractivity contribution < 1.29 is 30.0 Å². The minimum atomic E-state index is -4.15. The molecule has 0 bridgehead atoms. The van der Waals surface area contributed by atoms with Crippen molar-refractivity contribution in [2.24, 2.45) is 0 Å². The van der Waals surface area contributed by atoms with E-state index in [0.29, 0.717) is 0 Å². The van der Waals surface area contributed by atoms with Crippen LogP contribution in [0.1, 0.15) is 0 Å². The second kappa shape index (κ2) is 4.94. The van der Waals surface area contributed by atoms with E-state index < -0.39 is 10.1 Å². The van der Waals surface area contributed by atoms with Crippen LogP contribution < -0.4 is 0 Å². The van der Waals surface area contributed by atoms with Crippen molar-refractivity contribution in [1.82, 2.24) is 0 Å². The van der Waals surface area contributed by atoms with Gasteiger partial charge < -0.3 is 0 Å². The standard InChI is InChI=1S/C14H10O3S.Fe/c15-18(16,17)14-6-5-12-7-10-3-1-2-4-11(10)8-13(12)9-14;/h1-9H,(H,15,16,17);. The quantitative estimate of drug-likeness (QED) is 0.426. The molecule has 3 rings (SSSR count). The summed E-state index contributed by atoms with van der Waals surface area (Å²) in [5, 5.41) is 3.88. The third-order valence-corrected chi connectivity index (χ3v) is 3.82. The minimum absolute atomic E-state index is 0. The average Bonchev–Trinajstić information content (AvgIpc) is 2.34. The SMILES string of the molecule is O=S(=O)(O)c1ccc2cc3ccccc3cc2c1.[Fe]. The molecule has 3 aromatic rings. The molecule has 0 aliphatic rings. The Hall–Kier alpha value is -1.39. The molecule has 19 heavy (non-hydrogen) atoms. The van der Waals surface area contributed by atoms with Gasteiger partial charge in [0, 0.05) is 17.1 Å². The monoisotopic (exact) mass is 314 g/mol. The molecule has 0 fully saturated rings. The van der Waals surface area contributed by atoms with Gasteiger partial charge >= 0.3 is 0 Å². The van der Waals surface area contributed by atoms with Crippen LogP contribution in [0.3, 0.4) is 0 Å². The van der Waals surface area contributed by atoms with Crippen LogP contribution in [0.5, 0.6) is 0 Å². The van der Waals surface area contributed by atoms with Crippen LogP contribution in [-0.4, -0.2) is 13.0 Å². The van der Waals surface area contributed by atoms with Gasteiger partial charge in [0.25, 0.3) is 10.1 Å². The zero-order valence-electron chi connectivity index (χ0n) is 9.72. The Morgan fingerprint density at radius 2 is 1.26 bits per heavy atom. The Balaban J connectivity index is 0.00000133. The van der Waals surface area contributed by atoms with Crippen molar-refractivity contribution in [2.75, 3.05) is 0 Å². The molecule has 0 aromatic heterocycles. The molecule has 0 aliphatic heterocycles. The molecule has 0 heterocycles. The van der Waals surface area contributed by atoms with Crippen LogP contribution in [0.4, 0.5) is 0 Å². The van der Waals surface area contributed by atoms with Gasteiger partial charge in [-0.2, -0.15) is 8.42 Å². The van der Waals surface area contributed by atoms with E-state index in [4.69, 9.17) is 4.55 Å². The Morgan fingerprint density at radius 1 is 0.737 bits per heavy atom. The number of hydrogen-bond acceptors (Lipinski definition) is 2. The van der Waals surface area contributed by atoms with Crippen LogP contribution in [-0.2, 0) is 27.2 Å². The van der Waals surface area contributed by atoms with E-state index in [-0.39, 0.29) is 22.0 Å². The second-order valence-electron chi connectivity index (χ2n) is 4.18. The van der Waals surface area contributed by atoms with Crippen LogP contribution >= 0.6 is 0 Å². The summed E-state index contributed by atoms with van der Waals surface area (Å²) in [6.45, 7) is 0. The third kappa shape index (κ3) is 2.65. The van der Waals surface area contributed by atoms with E-state index in [9.17, 15) is 8.42 Å². The van der Waals surface area contributed by atoms with Gasteiger partial charge in [-0.25, -0.2) is 0 Å². The molecule has 0 saturated carbocycles. The Kier molecular flexibility index (Phi) is 3.65. The Bertz CT molecular complexity index is 857. The van der Waals surface area contributed by atoms with Crippen molar-refractivity contribution in [1.29, 1.82) is 0 Å². The van der Waals surface area contributed by atoms with Crippen molar-refractivity contribution in [3.05, 3.63) is 54.6 Å². The van der Waals surface area contributed by atoms with E-state index in [1.54, 1.807) is 6.07 Å². The van der Waals surface area contributed by atoms with Crippen molar-refractivity contribution >= 4 is 31.7 Å². The summed E-state index contributed by atoms with van der Waals surface area (Å²) < 4.78 is 31.2. The molecule has 0 radical (unpaired) electrons. The van der Waals surface area contributed by atoms with Crippen molar-refractivity contribution in [3.63, 3.8) is 0 Å². The summed E-state index contributed by atoms with van der Waals surface area (Å²) in [4.78, 5) is -0.0784. The number of hydrogen-bond donors (Lipinski definition) is 1. The summed E-state index contributed by atoms with van der Waals surface area (Å²) in [5.41, 5.74) is 0. The zero-order chi connectivity index (χ0) is 12.8. The molecule has 3 aromatic carbocycles. The number of benzene rings is 3. The summed E-state index contributed by atoms with van der Waals surface area (Å²) in [6.07, 6.45) is 0. The molecule has 0 saturated heterocycles. The normalized spacial score (nSPS) is 11.4. The summed E-state index contributed by atoms with van der Waals surface area (Å²) >= 11 is 0. The molecule has 0 amide bonds. The van der Waals surface area contributed by atoms with Gasteiger partial charge in [0.2, 0.25) is 0 Å². The average molecular weight is 314 g/mol. The van der Waals surface area contributed by atoms with Gasteiger partial charge in [-0.3, -0.25) is 4.55 Å². The first-order chi connectivity index (χ1) is 8.54. The minimum Gasteiger partial charge on any atom is -0.282 e. The van der Waals surface area contributed by atoms with Crippen LogP contribution in [0, 0.1) is 0 Å². The fourth-order valence-corrected chi connectivity index (χ4v) is 2.59. The summed E-state index contributed by atoms with van der Waals surface area (Å²) in [7, 11) is -4.15. The van der Waals surface area contributed by atoms with E-state index in [2.05, 4.69) is 0 Å². The first-order valence-corrected chi connectivity index (χ1v) is 6.88. The topological polar surface area (TPSA) is 54.4 Å². The second-order valence-corrected chi connectivity index (χ2v) is 5.60. The molecule has 3 nitrogen and oxygen atoms in total. The van der Waals surface area contributed by atoms with Gasteiger partial charge in [-0.05, 0) is 45.8 Å². The molecule has 98 valence electrons. The molecule has 0 aliphatic carbocycles. The maximum absolute atomic E-state index is 11.1. The molecular formula is C14H10FeO3S. The number of rotatable bonds is 1. The molecule has 0 spiro atoms. The van der Waals surface area contributed by atoms with E-state index in [1.807, 2.05) is 36.4 Å². The first-order valence-electron chi connectivity index (χ1n) is 5.44. The number of fused-ring (bicyclic) bond motifs is 2. The molecule has 5 heteroatoms. The third-order valence-electron chi connectivity index (χ3n) is 2.97. The van der Waals surface area contributed by atoms with Crippen LogP contribution in [0.15, 0.2) is 59.5 Å². The van der Waals surface area contributed by atoms with Crippen molar-refractivity contribution in [3.8, 4) is 0 Å². The maximum atomic E-state index is 11.1. The molecule has 0 unspecified atom stereocenters. The van der Waals surface area contributed by atoms with E-state index >= 15 is 0 Å². The zero-order valence-corrected chi connectivity index (χ0v) is 11.6. The van der Waals surface area contributed by atoms with Crippen molar-refractivity contribution in [2.45, 2.75) is 4.90 Å². The van der Waals surface area contributed by atoms with Gasteiger partial charge in [0.15, 0.2) is 0 Å². The first kappa shape index (κ1) is 14.0. The predicted molar refractivity (Wildman–Crippen MR) is 71.3 cm³/mol. The van der Waals surface area contributed by atoms with Gasteiger partial charge in [-0.1, -0.05) is 30.3 Å². The summed E-state index contributed by atoms with van der Waals surface area (Å²) in [5.74, 6) is 0. The Labute approximate surface area is 121 Å². The van der Waals surface area contributed by atoms with Gasteiger partial charge in [0.1, 0.15) is 0 Å². The van der Waals surface area contributed by atoms with Gasteiger partial charge in [0.05, 0.1) is 4.90 Å². The largest absolute Gasteiger partial charge is 0.294 e. The van der Waals surface area contributed by atoms with Gasteiger partial charge in [-0.15, -0.1) is 0 Å². The summed E-state index contributed by atoms with van der Waals surface area (Å²) in [6, 6.07) is 16.4. The molecule has 1 N–H and O–H groups in total. The fraction of sp³-hybridized carbons (Fsp3) is 0. The molecule has 0 atom stereocenters. The maximum Gasteiger partial charge on any atom is 0.294 e. The fourth-order valence-electron chi connectivity index (χ4n) is 2.08. The predicted octanol–water partition coefficient (Wildman–Crippen LogP) is 3.24. The smallest absolute Gasteiger partial charge is 0.282 e. The Morgan fingerprint density at radius 3 is 1.84 bits per heavy atom. The van der Waals surface area contributed by atoms with E-state index in [1.165, 1.54) is 12.1 Å². The van der Waals surface area contributed by atoms with E-state index in [0.717, 1.165) is 21.5 Å².